The van der Waals surface area contributed by atoms with Crippen LogP contribution in [-0.2, 0) is 0 Å². The van der Waals surface area contributed by atoms with Crippen LogP contribution in [0, 0.1) is 27.7 Å². The van der Waals surface area contributed by atoms with Gasteiger partial charge in [-0.15, -0.1) is 0 Å². The molecule has 0 unspecified atom stereocenters. The Labute approximate surface area is 147 Å². The van der Waals surface area contributed by atoms with Crippen molar-refractivity contribution in [3.05, 3.63) is 75.9 Å². The summed E-state index contributed by atoms with van der Waals surface area (Å²) in [5.41, 5.74) is 10.3. The van der Waals surface area contributed by atoms with E-state index in [1.807, 2.05) is 0 Å². The van der Waals surface area contributed by atoms with Gasteiger partial charge in [-0.2, -0.15) is 0 Å². The van der Waals surface area contributed by atoms with Crippen LogP contribution in [0.15, 0.2) is 42.5 Å². The van der Waals surface area contributed by atoms with E-state index in [2.05, 4.69) is 70.2 Å². The van der Waals surface area contributed by atoms with Crippen molar-refractivity contribution in [2.75, 3.05) is 0 Å². The molecule has 0 spiro atoms. The lowest BCUT2D eigenvalue weighted by atomic mass is 9.98. The quantitative estimate of drug-likeness (QED) is 0.556. The average molecular weight is 319 g/mol. The number of allylic oxidation sites excluding steroid dienone is 2. The SMILES string of the molecule is Cc1ccc(C)c(C2=CCCC2)c1.Cc1ccc(C)c(C2CC2)c1. The van der Waals surface area contributed by atoms with Crippen LogP contribution >= 0.6 is 0 Å². The van der Waals surface area contributed by atoms with E-state index in [9.17, 15) is 0 Å². The van der Waals surface area contributed by atoms with E-state index in [4.69, 9.17) is 0 Å². The number of hydrogen-bond donors (Lipinski definition) is 0. The van der Waals surface area contributed by atoms with E-state index >= 15 is 0 Å². The first-order valence-electron chi connectivity index (χ1n) is 9.38. The van der Waals surface area contributed by atoms with Gasteiger partial charge in [-0.1, -0.05) is 53.6 Å². The number of aryl methyl sites for hydroxylation is 4. The molecule has 0 heteroatoms. The zero-order chi connectivity index (χ0) is 17.1. The molecule has 2 aliphatic carbocycles. The van der Waals surface area contributed by atoms with Gasteiger partial charge in [0.2, 0.25) is 0 Å². The summed E-state index contributed by atoms with van der Waals surface area (Å²) in [4.78, 5) is 0. The molecule has 2 aliphatic rings. The minimum absolute atomic E-state index is 0.898. The van der Waals surface area contributed by atoms with Gasteiger partial charge < -0.3 is 0 Å². The molecule has 0 aromatic heterocycles. The van der Waals surface area contributed by atoms with Gasteiger partial charge in [0.15, 0.2) is 0 Å². The van der Waals surface area contributed by atoms with E-state index < -0.39 is 0 Å². The predicted molar refractivity (Wildman–Crippen MR) is 106 cm³/mol. The second-order valence-electron chi connectivity index (χ2n) is 7.57. The Morgan fingerprint density at radius 3 is 2.08 bits per heavy atom. The van der Waals surface area contributed by atoms with E-state index in [0.29, 0.717) is 0 Å². The Balaban J connectivity index is 0.000000143. The molecule has 1 saturated carbocycles. The van der Waals surface area contributed by atoms with Gasteiger partial charge in [-0.3, -0.25) is 0 Å². The molecule has 0 saturated heterocycles. The normalized spacial score (nSPS) is 16.4. The van der Waals surface area contributed by atoms with Crippen molar-refractivity contribution in [3.63, 3.8) is 0 Å². The summed E-state index contributed by atoms with van der Waals surface area (Å²) in [5.74, 6) is 0.898. The van der Waals surface area contributed by atoms with Gasteiger partial charge in [0, 0.05) is 0 Å². The van der Waals surface area contributed by atoms with Gasteiger partial charge in [-0.05, 0) is 93.5 Å². The minimum atomic E-state index is 0.898. The van der Waals surface area contributed by atoms with Crippen LogP contribution in [0.5, 0.6) is 0 Å². The van der Waals surface area contributed by atoms with Crippen molar-refractivity contribution >= 4 is 5.57 Å². The Bertz CT molecular complexity index is 745. The van der Waals surface area contributed by atoms with Crippen molar-refractivity contribution in [1.29, 1.82) is 0 Å². The predicted octanol–water partition coefficient (Wildman–Crippen LogP) is 7.05. The maximum atomic E-state index is 2.39. The van der Waals surface area contributed by atoms with Crippen LogP contribution in [0.2, 0.25) is 0 Å². The molecule has 2 aromatic carbocycles. The van der Waals surface area contributed by atoms with Crippen LogP contribution in [0.3, 0.4) is 0 Å². The molecular weight excluding hydrogens is 288 g/mol. The second-order valence-corrected chi connectivity index (χ2v) is 7.57. The van der Waals surface area contributed by atoms with E-state index in [1.165, 1.54) is 59.9 Å². The fraction of sp³-hybridized carbons (Fsp3) is 0.417. The van der Waals surface area contributed by atoms with Crippen LogP contribution in [-0.4, -0.2) is 0 Å². The second kappa shape index (κ2) is 7.38. The first kappa shape index (κ1) is 17.0. The van der Waals surface area contributed by atoms with Crippen LogP contribution in [0.4, 0.5) is 0 Å². The highest BCUT2D eigenvalue weighted by Crippen LogP contribution is 2.41. The summed E-state index contributed by atoms with van der Waals surface area (Å²) in [5, 5.41) is 0. The van der Waals surface area contributed by atoms with Crippen molar-refractivity contribution in [2.45, 2.75) is 65.7 Å². The molecule has 0 nitrogen and oxygen atoms in total. The molecule has 0 atom stereocenters. The summed E-state index contributed by atoms with van der Waals surface area (Å²) >= 11 is 0. The molecular formula is C24H30. The maximum absolute atomic E-state index is 2.39. The third-order valence-corrected chi connectivity index (χ3v) is 5.23. The molecule has 0 aliphatic heterocycles. The molecule has 2 aromatic rings. The van der Waals surface area contributed by atoms with Gasteiger partial charge in [0.05, 0.1) is 0 Å². The number of hydrogen-bond acceptors (Lipinski definition) is 0. The third kappa shape index (κ3) is 4.17. The molecule has 0 heterocycles. The van der Waals surface area contributed by atoms with Crippen LogP contribution in [0.25, 0.3) is 5.57 Å². The van der Waals surface area contributed by atoms with Gasteiger partial charge in [0.1, 0.15) is 0 Å². The van der Waals surface area contributed by atoms with Crippen molar-refractivity contribution in [2.24, 2.45) is 0 Å². The van der Waals surface area contributed by atoms with E-state index in [0.717, 1.165) is 5.92 Å². The van der Waals surface area contributed by atoms with Gasteiger partial charge >= 0.3 is 0 Å². The fourth-order valence-corrected chi connectivity index (χ4v) is 3.59. The Morgan fingerprint density at radius 2 is 1.46 bits per heavy atom. The first-order chi connectivity index (χ1) is 11.5. The summed E-state index contributed by atoms with van der Waals surface area (Å²) in [7, 11) is 0. The van der Waals surface area contributed by atoms with E-state index in [-0.39, 0.29) is 0 Å². The van der Waals surface area contributed by atoms with Crippen LogP contribution in [0.1, 0.15) is 71.4 Å². The lowest BCUT2D eigenvalue weighted by molar-refractivity contribution is 0.934. The average Bonchev–Trinajstić information content (AvgIpc) is 3.27. The van der Waals surface area contributed by atoms with E-state index in [1.54, 1.807) is 11.1 Å². The van der Waals surface area contributed by atoms with Crippen molar-refractivity contribution < 1.29 is 0 Å². The number of benzene rings is 2. The lowest BCUT2D eigenvalue weighted by Gasteiger charge is -2.07. The molecule has 0 N–H and O–H groups in total. The molecule has 4 rings (SSSR count). The molecule has 126 valence electrons. The standard InChI is InChI=1S/C13H16.C11H14/c1-10-7-8-11(2)13(9-10)12-5-3-4-6-12;1-8-3-4-9(2)11(7-8)10-5-6-10/h5,7-9H,3-4,6H2,1-2H3;3-4,7,10H,5-6H2,1-2H3. The van der Waals surface area contributed by atoms with Gasteiger partial charge in [-0.25, -0.2) is 0 Å². The molecule has 0 bridgehead atoms. The first-order valence-corrected chi connectivity index (χ1v) is 9.38. The lowest BCUT2D eigenvalue weighted by Crippen LogP contribution is -1.87. The Hall–Kier alpha value is -1.82. The smallest absolute Gasteiger partial charge is 0.0159 e. The fourth-order valence-electron chi connectivity index (χ4n) is 3.59. The Morgan fingerprint density at radius 1 is 0.792 bits per heavy atom. The van der Waals surface area contributed by atoms with Crippen molar-refractivity contribution in [3.8, 4) is 0 Å². The number of rotatable bonds is 2. The molecule has 24 heavy (non-hydrogen) atoms. The minimum Gasteiger partial charge on any atom is -0.0807 e. The van der Waals surface area contributed by atoms with Crippen LogP contribution < -0.4 is 0 Å². The molecule has 1 fully saturated rings. The maximum Gasteiger partial charge on any atom is -0.0159 e. The molecule has 0 radical (unpaired) electrons. The zero-order valence-electron chi connectivity index (χ0n) is 15.7. The highest BCUT2D eigenvalue weighted by Gasteiger charge is 2.24. The summed E-state index contributed by atoms with van der Waals surface area (Å²) < 4.78 is 0. The summed E-state index contributed by atoms with van der Waals surface area (Å²) in [6, 6.07) is 13.5. The third-order valence-electron chi connectivity index (χ3n) is 5.23. The zero-order valence-corrected chi connectivity index (χ0v) is 15.7. The summed E-state index contributed by atoms with van der Waals surface area (Å²) in [6.07, 6.45) is 9.08. The topological polar surface area (TPSA) is 0 Å². The summed E-state index contributed by atoms with van der Waals surface area (Å²) in [6.45, 7) is 8.75. The largest absolute Gasteiger partial charge is 0.0807 e. The molecule has 0 amide bonds. The monoisotopic (exact) mass is 318 g/mol. The highest BCUT2D eigenvalue weighted by atomic mass is 14.3. The van der Waals surface area contributed by atoms with Crippen molar-refractivity contribution in [1.82, 2.24) is 0 Å². The highest BCUT2D eigenvalue weighted by molar-refractivity contribution is 5.70. The Kier molecular flexibility index (Phi) is 5.23. The van der Waals surface area contributed by atoms with Gasteiger partial charge in [0.25, 0.3) is 0 Å².